The number of rotatable bonds is 1. The number of hydrogen-bond acceptors (Lipinski definition) is 2. The number of halogens is 1. The monoisotopic (exact) mass is 220 g/mol. The Hall–Kier alpha value is -1.53. The molecule has 4 heteroatoms. The van der Waals surface area contributed by atoms with Crippen LogP contribution in [-0.4, -0.2) is 17.4 Å². The van der Waals surface area contributed by atoms with Crippen LogP contribution in [0.4, 0.5) is 5.69 Å². The summed E-state index contributed by atoms with van der Waals surface area (Å²) in [6.07, 6.45) is 7.28. The predicted molar refractivity (Wildman–Crippen MR) is 58.5 cm³/mol. The molecule has 0 N–H and O–H groups in total. The minimum absolute atomic E-state index is 0.00727. The second-order valence-electron chi connectivity index (χ2n) is 3.39. The Morgan fingerprint density at radius 3 is 3.07 bits per heavy atom. The average Bonchev–Trinajstić information content (AvgIpc) is 2.60. The predicted octanol–water partition coefficient (Wildman–Crippen LogP) is 1.72. The lowest BCUT2D eigenvalue weighted by Crippen LogP contribution is -2.24. The highest BCUT2D eigenvalue weighted by molar-refractivity contribution is 6.32. The van der Waals surface area contributed by atoms with Crippen LogP contribution in [0, 0.1) is 18.3 Å². The number of carbonyl (C=O) groups excluding carboxylic acids is 1. The molecule has 1 saturated heterocycles. The van der Waals surface area contributed by atoms with Gasteiger partial charge < -0.3 is 4.90 Å². The smallest absolute Gasteiger partial charge is 0.228 e. The second kappa shape index (κ2) is 3.92. The number of nitrogens with zero attached hydrogens (tertiary/aromatic N) is 2. The first-order valence-corrected chi connectivity index (χ1v) is 4.97. The van der Waals surface area contributed by atoms with E-state index in [1.807, 2.05) is 0 Å². The molecule has 1 amide bonds. The van der Waals surface area contributed by atoms with Crippen molar-refractivity contribution < 1.29 is 4.79 Å². The molecule has 1 atom stereocenters. The molecule has 1 aliphatic rings. The van der Waals surface area contributed by atoms with E-state index in [1.54, 1.807) is 23.2 Å². The molecule has 2 heterocycles. The quantitative estimate of drug-likeness (QED) is 0.533. The average molecular weight is 221 g/mol. The van der Waals surface area contributed by atoms with Gasteiger partial charge in [-0.2, -0.15) is 0 Å². The summed E-state index contributed by atoms with van der Waals surface area (Å²) < 4.78 is 0. The fourth-order valence-corrected chi connectivity index (χ4v) is 1.85. The summed E-state index contributed by atoms with van der Waals surface area (Å²) in [4.78, 5) is 17.2. The molecule has 3 nitrogen and oxygen atoms in total. The van der Waals surface area contributed by atoms with Gasteiger partial charge in [0.25, 0.3) is 0 Å². The summed E-state index contributed by atoms with van der Waals surface area (Å²) >= 11 is 5.90. The minimum Gasteiger partial charge on any atom is -0.308 e. The number of carbonyl (C=O) groups is 1. The van der Waals surface area contributed by atoms with Crippen LogP contribution in [-0.2, 0) is 4.79 Å². The maximum absolute atomic E-state index is 11.6. The van der Waals surface area contributed by atoms with Gasteiger partial charge in [-0.15, -0.1) is 12.3 Å². The van der Waals surface area contributed by atoms with Crippen LogP contribution in [0.3, 0.4) is 0 Å². The van der Waals surface area contributed by atoms with Gasteiger partial charge in [0, 0.05) is 25.1 Å². The zero-order valence-electron chi connectivity index (χ0n) is 7.98. The summed E-state index contributed by atoms with van der Waals surface area (Å²) in [6, 6.07) is 3.52. The highest BCUT2D eigenvalue weighted by atomic mass is 35.5. The van der Waals surface area contributed by atoms with Crippen LogP contribution in [0.1, 0.15) is 6.42 Å². The number of terminal acetylenes is 1. The van der Waals surface area contributed by atoms with Crippen LogP contribution in [0.15, 0.2) is 18.3 Å². The fourth-order valence-electron chi connectivity index (χ4n) is 1.63. The lowest BCUT2D eigenvalue weighted by atomic mass is 10.1. The Kier molecular flexibility index (Phi) is 2.61. The third-order valence-electron chi connectivity index (χ3n) is 2.39. The van der Waals surface area contributed by atoms with Gasteiger partial charge in [-0.3, -0.25) is 4.79 Å². The molecular formula is C11H9ClN2O. The molecule has 1 unspecified atom stereocenters. The third-order valence-corrected chi connectivity index (χ3v) is 2.68. The van der Waals surface area contributed by atoms with Crippen molar-refractivity contribution in [2.24, 2.45) is 5.92 Å². The maximum Gasteiger partial charge on any atom is 0.228 e. The molecule has 0 spiro atoms. The first-order chi connectivity index (χ1) is 7.22. The van der Waals surface area contributed by atoms with Crippen LogP contribution in [0.2, 0.25) is 5.15 Å². The topological polar surface area (TPSA) is 33.2 Å². The zero-order valence-corrected chi connectivity index (χ0v) is 8.74. The van der Waals surface area contributed by atoms with Crippen molar-refractivity contribution >= 4 is 23.2 Å². The summed E-state index contributed by atoms with van der Waals surface area (Å²) in [5, 5.41) is 0.337. The molecule has 1 fully saturated rings. The van der Waals surface area contributed by atoms with E-state index < -0.39 is 0 Å². The minimum atomic E-state index is -0.0197. The number of hydrogen-bond donors (Lipinski definition) is 0. The number of anilines is 1. The molecule has 0 radical (unpaired) electrons. The van der Waals surface area contributed by atoms with E-state index in [0.29, 0.717) is 23.8 Å². The van der Waals surface area contributed by atoms with Gasteiger partial charge in [0.2, 0.25) is 5.91 Å². The largest absolute Gasteiger partial charge is 0.308 e. The lowest BCUT2D eigenvalue weighted by Gasteiger charge is -2.16. The molecule has 2 rings (SSSR count). The normalized spacial score (nSPS) is 20.4. The molecule has 0 bridgehead atoms. The van der Waals surface area contributed by atoms with Crippen molar-refractivity contribution in [1.82, 2.24) is 4.98 Å². The first kappa shape index (κ1) is 10.0. The Bertz CT molecular complexity index is 438. The highest BCUT2D eigenvalue weighted by Crippen LogP contribution is 2.29. The molecule has 1 aliphatic heterocycles. The Morgan fingerprint density at radius 2 is 2.47 bits per heavy atom. The van der Waals surface area contributed by atoms with Gasteiger partial charge in [-0.25, -0.2) is 4.98 Å². The molecule has 0 aliphatic carbocycles. The fraction of sp³-hybridized carbons (Fsp3) is 0.273. The van der Waals surface area contributed by atoms with Gasteiger partial charge in [-0.1, -0.05) is 11.6 Å². The maximum atomic E-state index is 11.6. The van der Waals surface area contributed by atoms with E-state index in [2.05, 4.69) is 10.9 Å². The second-order valence-corrected chi connectivity index (χ2v) is 3.74. The first-order valence-electron chi connectivity index (χ1n) is 4.59. The molecule has 15 heavy (non-hydrogen) atoms. The van der Waals surface area contributed by atoms with Crippen molar-refractivity contribution in [2.45, 2.75) is 6.42 Å². The zero-order chi connectivity index (χ0) is 10.8. The Balaban J connectivity index is 2.30. The highest BCUT2D eigenvalue weighted by Gasteiger charge is 2.30. The van der Waals surface area contributed by atoms with Crippen LogP contribution in [0.25, 0.3) is 0 Å². The molecule has 76 valence electrons. The van der Waals surface area contributed by atoms with Gasteiger partial charge in [0.15, 0.2) is 5.15 Å². The van der Waals surface area contributed by atoms with Crippen LogP contribution in [0.5, 0.6) is 0 Å². The van der Waals surface area contributed by atoms with Crippen molar-refractivity contribution in [3.05, 3.63) is 23.5 Å². The van der Waals surface area contributed by atoms with Crippen LogP contribution >= 0.6 is 11.6 Å². The number of pyridine rings is 1. The van der Waals surface area contributed by atoms with E-state index >= 15 is 0 Å². The van der Waals surface area contributed by atoms with Crippen LogP contribution < -0.4 is 4.90 Å². The molecule has 1 aromatic rings. The van der Waals surface area contributed by atoms with Crippen molar-refractivity contribution in [1.29, 1.82) is 0 Å². The summed E-state index contributed by atoms with van der Waals surface area (Å²) in [5.74, 6) is 2.58. The van der Waals surface area contributed by atoms with E-state index in [0.717, 1.165) is 0 Å². The molecule has 0 aromatic carbocycles. The van der Waals surface area contributed by atoms with Crippen molar-refractivity contribution in [3.63, 3.8) is 0 Å². The van der Waals surface area contributed by atoms with E-state index in [4.69, 9.17) is 18.0 Å². The van der Waals surface area contributed by atoms with Gasteiger partial charge in [0.1, 0.15) is 0 Å². The molecular weight excluding hydrogens is 212 g/mol. The number of amides is 1. The summed E-state index contributed by atoms with van der Waals surface area (Å²) in [6.45, 7) is 0.529. The molecule has 0 saturated carbocycles. The SMILES string of the molecule is C#CC1CC(=O)N(c2cccnc2Cl)C1. The lowest BCUT2D eigenvalue weighted by molar-refractivity contribution is -0.117. The van der Waals surface area contributed by atoms with E-state index in [9.17, 15) is 4.79 Å². The Labute approximate surface area is 93.1 Å². The van der Waals surface area contributed by atoms with E-state index in [1.165, 1.54) is 0 Å². The van der Waals surface area contributed by atoms with E-state index in [-0.39, 0.29) is 11.8 Å². The molecule has 1 aromatic heterocycles. The van der Waals surface area contributed by atoms with Gasteiger partial charge in [-0.05, 0) is 12.1 Å². The third kappa shape index (κ3) is 1.81. The number of aromatic nitrogens is 1. The summed E-state index contributed by atoms with van der Waals surface area (Å²) in [5.41, 5.74) is 0.641. The van der Waals surface area contributed by atoms with Gasteiger partial charge in [0.05, 0.1) is 5.69 Å². The summed E-state index contributed by atoms with van der Waals surface area (Å²) in [7, 11) is 0. The van der Waals surface area contributed by atoms with Crippen molar-refractivity contribution in [2.75, 3.05) is 11.4 Å². The van der Waals surface area contributed by atoms with Gasteiger partial charge >= 0.3 is 0 Å². The van der Waals surface area contributed by atoms with Crippen molar-refractivity contribution in [3.8, 4) is 12.3 Å². The standard InChI is InChI=1S/C11H9ClN2O/c1-2-8-6-10(15)14(7-8)9-4-3-5-13-11(9)12/h1,3-5,8H,6-7H2. The Morgan fingerprint density at radius 1 is 1.67 bits per heavy atom.